The van der Waals surface area contributed by atoms with Crippen molar-refractivity contribution in [1.29, 1.82) is 0 Å². The molecule has 0 saturated carbocycles. The van der Waals surface area contributed by atoms with Crippen LogP contribution < -0.4 is 0 Å². The lowest BCUT2D eigenvalue weighted by Crippen LogP contribution is -2.02. The van der Waals surface area contributed by atoms with Crippen molar-refractivity contribution < 1.29 is 0 Å². The summed E-state index contributed by atoms with van der Waals surface area (Å²) in [6.07, 6.45) is 0. The molecular formula is C59H36N4S. The Labute approximate surface area is 373 Å². The van der Waals surface area contributed by atoms with Crippen LogP contribution in [-0.2, 0) is 0 Å². The number of thiophene rings is 1. The smallest absolute Gasteiger partial charge is 0.164 e. The SMILES string of the molecule is c1ccc(-c2nc(-c3ccc4c(c3)sc3ccccc34)nc(-c3ccc(-n4c5cc6ccccc6cc5c5c6ccccc6ccc54)cc3-c3ccccc3-c3ccccc3)n2)cc1. The second-order valence-electron chi connectivity index (χ2n) is 16.4. The number of hydrogen-bond donors (Lipinski definition) is 0. The minimum absolute atomic E-state index is 0.615. The van der Waals surface area contributed by atoms with Gasteiger partial charge in [0.05, 0.1) is 11.0 Å². The summed E-state index contributed by atoms with van der Waals surface area (Å²) >= 11 is 1.80. The standard InChI is InChI=1S/C59H36N4S/c1-3-15-37(16-4-1)44-22-11-12-24-46(44)50-36-43(63-52-32-28-38-17-9-10-23-45(38)56(52)51-33-40-20-7-8-21-41(40)34-53(51)63)29-31-49(50)59-61-57(39-18-5-2-6-19-39)60-58(62-59)42-27-30-48-47-25-13-14-26-54(47)64-55(48)35-42/h1-36H. The van der Waals surface area contributed by atoms with Crippen LogP contribution in [0.15, 0.2) is 218 Å². The molecule has 4 nitrogen and oxygen atoms in total. The minimum Gasteiger partial charge on any atom is -0.309 e. The van der Waals surface area contributed by atoms with Gasteiger partial charge in [-0.15, -0.1) is 11.3 Å². The zero-order valence-electron chi connectivity index (χ0n) is 34.5. The number of benzene rings is 10. The molecule has 0 atom stereocenters. The van der Waals surface area contributed by atoms with E-state index in [1.807, 2.05) is 18.2 Å². The van der Waals surface area contributed by atoms with E-state index in [2.05, 4.69) is 205 Å². The van der Waals surface area contributed by atoms with Crippen LogP contribution in [0.4, 0.5) is 0 Å². The number of nitrogens with zero attached hydrogens (tertiary/aromatic N) is 4. The molecule has 5 heteroatoms. The summed E-state index contributed by atoms with van der Waals surface area (Å²) in [5, 5.41) is 9.87. The van der Waals surface area contributed by atoms with Crippen LogP contribution in [0.3, 0.4) is 0 Å². The average molecular weight is 833 g/mol. The molecule has 0 amide bonds. The van der Waals surface area contributed by atoms with E-state index >= 15 is 0 Å². The van der Waals surface area contributed by atoms with E-state index in [1.54, 1.807) is 11.3 Å². The number of fused-ring (bicyclic) bond motifs is 9. The molecule has 0 fully saturated rings. The van der Waals surface area contributed by atoms with Crippen molar-refractivity contribution >= 4 is 74.9 Å². The summed E-state index contributed by atoms with van der Waals surface area (Å²) in [4.78, 5) is 15.9. The molecule has 3 aromatic heterocycles. The van der Waals surface area contributed by atoms with Gasteiger partial charge >= 0.3 is 0 Å². The first kappa shape index (κ1) is 36.4. The minimum atomic E-state index is 0.615. The maximum atomic E-state index is 5.38. The third kappa shape index (κ3) is 5.93. The molecule has 0 saturated heterocycles. The average Bonchev–Trinajstić information content (AvgIpc) is 3.91. The molecule has 0 aliphatic rings. The fourth-order valence-electron chi connectivity index (χ4n) is 9.63. The predicted octanol–water partition coefficient (Wildman–Crippen LogP) is 16.0. The van der Waals surface area contributed by atoms with Gasteiger partial charge in [-0.05, 0) is 92.3 Å². The van der Waals surface area contributed by atoms with E-state index in [-0.39, 0.29) is 0 Å². The Morgan fingerprint density at radius 2 is 0.938 bits per heavy atom. The van der Waals surface area contributed by atoms with E-state index < -0.39 is 0 Å². The summed E-state index contributed by atoms with van der Waals surface area (Å²) in [7, 11) is 0. The molecule has 0 radical (unpaired) electrons. The number of hydrogen-bond acceptors (Lipinski definition) is 4. The lowest BCUT2D eigenvalue weighted by molar-refractivity contribution is 1.07. The maximum absolute atomic E-state index is 5.38. The van der Waals surface area contributed by atoms with Crippen LogP contribution in [-0.4, -0.2) is 19.5 Å². The largest absolute Gasteiger partial charge is 0.309 e. The first-order chi connectivity index (χ1) is 31.7. The fraction of sp³-hybridized carbons (Fsp3) is 0. The molecule has 13 aromatic rings. The van der Waals surface area contributed by atoms with Gasteiger partial charge in [0.25, 0.3) is 0 Å². The summed E-state index contributed by atoms with van der Waals surface area (Å²) < 4.78 is 4.91. The van der Waals surface area contributed by atoms with Crippen molar-refractivity contribution in [1.82, 2.24) is 19.5 Å². The predicted molar refractivity (Wildman–Crippen MR) is 269 cm³/mol. The van der Waals surface area contributed by atoms with Gasteiger partial charge in [0, 0.05) is 53.3 Å². The molecule has 0 unspecified atom stereocenters. The highest BCUT2D eigenvalue weighted by atomic mass is 32.1. The van der Waals surface area contributed by atoms with Crippen LogP contribution >= 0.6 is 11.3 Å². The van der Waals surface area contributed by atoms with Gasteiger partial charge in [-0.3, -0.25) is 0 Å². The Morgan fingerprint density at radius 3 is 1.75 bits per heavy atom. The van der Waals surface area contributed by atoms with Crippen LogP contribution in [0.25, 0.3) is 126 Å². The second kappa shape index (κ2) is 14.7. The van der Waals surface area contributed by atoms with Crippen LogP contribution in [0.2, 0.25) is 0 Å². The molecule has 0 aliphatic carbocycles. The normalized spacial score (nSPS) is 11.8. The highest BCUT2D eigenvalue weighted by molar-refractivity contribution is 7.25. The third-order valence-corrected chi connectivity index (χ3v) is 13.8. The Morgan fingerprint density at radius 1 is 0.312 bits per heavy atom. The molecule has 0 bridgehead atoms. The molecule has 0 spiro atoms. The van der Waals surface area contributed by atoms with Gasteiger partial charge in [-0.1, -0.05) is 170 Å². The third-order valence-electron chi connectivity index (χ3n) is 12.6. The Hall–Kier alpha value is -8.25. The zero-order chi connectivity index (χ0) is 42.1. The van der Waals surface area contributed by atoms with Crippen LogP contribution in [0.5, 0.6) is 0 Å². The van der Waals surface area contributed by atoms with Gasteiger partial charge in [0.2, 0.25) is 0 Å². The second-order valence-corrected chi connectivity index (χ2v) is 17.4. The van der Waals surface area contributed by atoms with Crippen molar-refractivity contribution in [3.63, 3.8) is 0 Å². The van der Waals surface area contributed by atoms with Crippen molar-refractivity contribution in [2.75, 3.05) is 0 Å². The molecule has 3 heterocycles. The number of rotatable bonds is 6. The Bertz CT molecular complexity index is 3960. The molecule has 298 valence electrons. The molecule has 64 heavy (non-hydrogen) atoms. The van der Waals surface area contributed by atoms with E-state index in [1.165, 1.54) is 52.5 Å². The lowest BCUT2D eigenvalue weighted by Gasteiger charge is -2.18. The molecule has 10 aromatic carbocycles. The van der Waals surface area contributed by atoms with Crippen molar-refractivity contribution in [2.45, 2.75) is 0 Å². The fourth-order valence-corrected chi connectivity index (χ4v) is 10.8. The van der Waals surface area contributed by atoms with E-state index in [4.69, 9.17) is 15.0 Å². The van der Waals surface area contributed by atoms with Gasteiger partial charge in [0.15, 0.2) is 17.5 Å². The van der Waals surface area contributed by atoms with Gasteiger partial charge in [-0.2, -0.15) is 0 Å². The summed E-state index contributed by atoms with van der Waals surface area (Å²) in [5.41, 5.74) is 10.6. The first-order valence-corrected chi connectivity index (χ1v) is 22.4. The topological polar surface area (TPSA) is 43.6 Å². The van der Waals surface area contributed by atoms with Crippen molar-refractivity contribution in [3.05, 3.63) is 218 Å². The molecule has 0 aliphatic heterocycles. The number of aromatic nitrogens is 4. The quantitative estimate of drug-likeness (QED) is 0.168. The molecular weight excluding hydrogens is 797 g/mol. The lowest BCUT2D eigenvalue weighted by atomic mass is 9.91. The van der Waals surface area contributed by atoms with Gasteiger partial charge < -0.3 is 4.57 Å². The van der Waals surface area contributed by atoms with Gasteiger partial charge in [-0.25, -0.2) is 15.0 Å². The highest BCUT2D eigenvalue weighted by Crippen LogP contribution is 2.43. The van der Waals surface area contributed by atoms with Crippen LogP contribution in [0, 0.1) is 0 Å². The van der Waals surface area contributed by atoms with Gasteiger partial charge in [0.1, 0.15) is 0 Å². The Balaban J connectivity index is 1.09. The zero-order valence-corrected chi connectivity index (χ0v) is 35.3. The van der Waals surface area contributed by atoms with E-state index in [9.17, 15) is 0 Å². The summed E-state index contributed by atoms with van der Waals surface area (Å²) in [5.74, 6) is 1.88. The first-order valence-electron chi connectivity index (χ1n) is 21.6. The van der Waals surface area contributed by atoms with E-state index in [0.29, 0.717) is 17.5 Å². The maximum Gasteiger partial charge on any atom is 0.164 e. The Kier molecular flexibility index (Phi) is 8.36. The van der Waals surface area contributed by atoms with Crippen LogP contribution in [0.1, 0.15) is 0 Å². The summed E-state index contributed by atoms with van der Waals surface area (Å²) in [6, 6.07) is 78.2. The molecule has 13 rings (SSSR count). The summed E-state index contributed by atoms with van der Waals surface area (Å²) in [6.45, 7) is 0. The van der Waals surface area contributed by atoms with Crippen molar-refractivity contribution in [3.8, 4) is 62.1 Å². The monoisotopic (exact) mass is 832 g/mol. The van der Waals surface area contributed by atoms with E-state index in [0.717, 1.165) is 55.7 Å². The van der Waals surface area contributed by atoms with Crippen molar-refractivity contribution in [2.24, 2.45) is 0 Å². The highest BCUT2D eigenvalue weighted by Gasteiger charge is 2.22. The molecule has 0 N–H and O–H groups in total.